The molecule has 0 atom stereocenters. The van der Waals surface area contributed by atoms with Crippen molar-refractivity contribution in [3.63, 3.8) is 0 Å². The molecule has 2 aliphatic rings. The summed E-state index contributed by atoms with van der Waals surface area (Å²) in [5.41, 5.74) is 2.08. The average molecular weight is 264 g/mol. The van der Waals surface area contributed by atoms with Crippen molar-refractivity contribution in [3.8, 4) is 0 Å². The third-order valence-electron chi connectivity index (χ3n) is 4.58. The van der Waals surface area contributed by atoms with Crippen molar-refractivity contribution in [2.45, 2.75) is 71.4 Å². The van der Waals surface area contributed by atoms with Gasteiger partial charge in [0.25, 0.3) is 0 Å². The number of fused-ring (bicyclic) bond motifs is 1. The van der Waals surface area contributed by atoms with Gasteiger partial charge < -0.3 is 5.32 Å². The molecule has 3 heteroatoms. The van der Waals surface area contributed by atoms with Gasteiger partial charge >= 0.3 is 0 Å². The van der Waals surface area contributed by atoms with Crippen LogP contribution in [0, 0.1) is 5.41 Å². The van der Waals surface area contributed by atoms with Gasteiger partial charge in [-0.15, -0.1) is 11.3 Å². The van der Waals surface area contributed by atoms with Crippen LogP contribution in [0.5, 0.6) is 0 Å². The maximum Gasteiger partial charge on any atom is 0.107 e. The summed E-state index contributed by atoms with van der Waals surface area (Å²) in [5, 5.41) is 4.78. The van der Waals surface area contributed by atoms with Gasteiger partial charge in [-0.2, -0.15) is 0 Å². The molecule has 1 aromatic heterocycles. The summed E-state index contributed by atoms with van der Waals surface area (Å²) >= 11 is 1.96. The Bertz CT molecular complexity index is 416. The highest BCUT2D eigenvalue weighted by Gasteiger charge is 2.38. The molecule has 0 radical (unpaired) electrons. The van der Waals surface area contributed by atoms with Crippen LogP contribution in [0.4, 0.5) is 0 Å². The quantitative estimate of drug-likeness (QED) is 0.900. The van der Waals surface area contributed by atoms with Gasteiger partial charge in [-0.3, -0.25) is 0 Å². The summed E-state index contributed by atoms with van der Waals surface area (Å²) in [6.07, 6.45) is 9.77. The van der Waals surface area contributed by atoms with E-state index < -0.39 is 0 Å². The summed E-state index contributed by atoms with van der Waals surface area (Å²) in [6, 6.07) is 0.548. The van der Waals surface area contributed by atoms with Crippen molar-refractivity contribution < 1.29 is 0 Å². The van der Waals surface area contributed by atoms with Gasteiger partial charge in [-0.25, -0.2) is 4.98 Å². The lowest BCUT2D eigenvalue weighted by molar-refractivity contribution is 0.256. The molecule has 1 fully saturated rings. The third kappa shape index (κ3) is 2.48. The predicted molar refractivity (Wildman–Crippen MR) is 77.0 cm³/mol. The van der Waals surface area contributed by atoms with Gasteiger partial charge in [0.1, 0.15) is 5.01 Å². The highest BCUT2D eigenvalue weighted by atomic mass is 32.1. The van der Waals surface area contributed by atoms with E-state index in [2.05, 4.69) is 19.2 Å². The minimum Gasteiger partial charge on any atom is -0.308 e. The molecule has 0 amide bonds. The second-order valence-corrected chi connectivity index (χ2v) is 7.57. The first-order valence-corrected chi connectivity index (χ1v) is 8.19. The molecule has 18 heavy (non-hydrogen) atoms. The van der Waals surface area contributed by atoms with Crippen molar-refractivity contribution >= 4 is 11.3 Å². The number of hydrogen-bond donors (Lipinski definition) is 1. The Kier molecular flexibility index (Phi) is 3.46. The highest BCUT2D eigenvalue weighted by molar-refractivity contribution is 7.11. The lowest BCUT2D eigenvalue weighted by atomic mass is 9.74. The van der Waals surface area contributed by atoms with Crippen molar-refractivity contribution in [2.24, 2.45) is 5.41 Å². The first-order valence-electron chi connectivity index (χ1n) is 7.38. The zero-order chi connectivity index (χ0) is 12.6. The van der Waals surface area contributed by atoms with Crippen LogP contribution in [0.2, 0.25) is 0 Å². The fourth-order valence-corrected chi connectivity index (χ4v) is 4.74. The summed E-state index contributed by atoms with van der Waals surface area (Å²) in [6.45, 7) is 5.34. The summed E-state index contributed by atoms with van der Waals surface area (Å²) in [4.78, 5) is 6.43. The molecule has 0 saturated heterocycles. The van der Waals surface area contributed by atoms with E-state index in [1.807, 2.05) is 11.3 Å². The van der Waals surface area contributed by atoms with E-state index in [0.29, 0.717) is 11.5 Å². The van der Waals surface area contributed by atoms with Crippen LogP contribution >= 0.6 is 11.3 Å². The summed E-state index contributed by atoms with van der Waals surface area (Å²) < 4.78 is 0. The van der Waals surface area contributed by atoms with Gasteiger partial charge in [0.15, 0.2) is 0 Å². The van der Waals surface area contributed by atoms with Crippen LogP contribution < -0.4 is 5.32 Å². The molecule has 2 nitrogen and oxygen atoms in total. The summed E-state index contributed by atoms with van der Waals surface area (Å²) in [7, 11) is 0. The standard InChI is InChI=1S/C15H24N2S/c1-11(2)16-10-14-17-12-5-8-15(6-3-4-7-15)9-13(12)18-14/h11,16H,3-10H2,1-2H3. The van der Waals surface area contributed by atoms with Crippen molar-refractivity contribution in [1.82, 2.24) is 10.3 Å². The molecular formula is C15H24N2S. The van der Waals surface area contributed by atoms with E-state index in [4.69, 9.17) is 4.98 Å². The van der Waals surface area contributed by atoms with E-state index in [-0.39, 0.29) is 0 Å². The molecule has 1 N–H and O–H groups in total. The van der Waals surface area contributed by atoms with Crippen molar-refractivity contribution in [3.05, 3.63) is 15.6 Å². The van der Waals surface area contributed by atoms with Crippen LogP contribution in [-0.4, -0.2) is 11.0 Å². The maximum absolute atomic E-state index is 4.83. The van der Waals surface area contributed by atoms with Gasteiger partial charge in [-0.05, 0) is 37.5 Å². The Hall–Kier alpha value is -0.410. The number of nitrogens with zero attached hydrogens (tertiary/aromatic N) is 1. The van der Waals surface area contributed by atoms with Crippen LogP contribution in [0.3, 0.4) is 0 Å². The van der Waals surface area contributed by atoms with Gasteiger partial charge in [0, 0.05) is 17.5 Å². The Morgan fingerprint density at radius 3 is 2.78 bits per heavy atom. The van der Waals surface area contributed by atoms with E-state index in [0.717, 1.165) is 6.54 Å². The second kappa shape index (κ2) is 4.93. The largest absolute Gasteiger partial charge is 0.308 e. The topological polar surface area (TPSA) is 24.9 Å². The maximum atomic E-state index is 4.83. The molecule has 1 aromatic rings. The van der Waals surface area contributed by atoms with Crippen LogP contribution in [0.25, 0.3) is 0 Å². The van der Waals surface area contributed by atoms with Gasteiger partial charge in [0.2, 0.25) is 0 Å². The molecule has 0 bridgehead atoms. The van der Waals surface area contributed by atoms with Gasteiger partial charge in [-0.1, -0.05) is 26.7 Å². The molecule has 2 aliphatic carbocycles. The third-order valence-corrected chi connectivity index (χ3v) is 5.67. The number of aryl methyl sites for hydroxylation is 1. The fraction of sp³-hybridized carbons (Fsp3) is 0.800. The Balaban J connectivity index is 1.71. The lowest BCUT2D eigenvalue weighted by Gasteiger charge is -2.32. The zero-order valence-electron chi connectivity index (χ0n) is 11.6. The van der Waals surface area contributed by atoms with E-state index in [1.54, 1.807) is 4.88 Å². The minimum absolute atomic E-state index is 0.548. The van der Waals surface area contributed by atoms with Crippen LogP contribution in [0.15, 0.2) is 0 Å². The monoisotopic (exact) mass is 264 g/mol. The first-order chi connectivity index (χ1) is 8.67. The predicted octanol–water partition coefficient (Wildman–Crippen LogP) is 3.69. The Morgan fingerprint density at radius 1 is 1.28 bits per heavy atom. The normalized spacial score (nSPS) is 21.7. The Morgan fingerprint density at radius 2 is 2.06 bits per heavy atom. The molecule has 1 saturated carbocycles. The Labute approximate surface area is 114 Å². The fourth-order valence-electron chi connectivity index (χ4n) is 3.50. The molecule has 100 valence electrons. The number of aromatic nitrogens is 1. The molecule has 1 spiro atoms. The minimum atomic E-state index is 0.548. The molecule has 0 aromatic carbocycles. The summed E-state index contributed by atoms with van der Waals surface area (Å²) in [5.74, 6) is 0. The molecule has 3 rings (SSSR count). The average Bonchev–Trinajstić information content (AvgIpc) is 2.93. The van der Waals surface area contributed by atoms with E-state index in [9.17, 15) is 0 Å². The van der Waals surface area contributed by atoms with Crippen molar-refractivity contribution in [2.75, 3.05) is 0 Å². The highest BCUT2D eigenvalue weighted by Crippen LogP contribution is 2.48. The van der Waals surface area contributed by atoms with Crippen LogP contribution in [0.1, 0.15) is 61.5 Å². The van der Waals surface area contributed by atoms with Crippen LogP contribution in [-0.2, 0) is 19.4 Å². The molecular weight excluding hydrogens is 240 g/mol. The van der Waals surface area contributed by atoms with Gasteiger partial charge in [0.05, 0.1) is 5.69 Å². The number of hydrogen-bond acceptors (Lipinski definition) is 3. The van der Waals surface area contributed by atoms with E-state index >= 15 is 0 Å². The number of nitrogens with one attached hydrogen (secondary N) is 1. The molecule has 0 unspecified atom stereocenters. The first kappa shape index (κ1) is 12.6. The number of rotatable bonds is 3. The smallest absolute Gasteiger partial charge is 0.107 e. The SMILES string of the molecule is CC(C)NCc1nc2c(s1)CC1(CCCC1)CC2. The van der Waals surface area contributed by atoms with Crippen molar-refractivity contribution in [1.29, 1.82) is 0 Å². The number of thiazole rings is 1. The second-order valence-electron chi connectivity index (χ2n) is 6.40. The zero-order valence-corrected chi connectivity index (χ0v) is 12.4. The molecule has 0 aliphatic heterocycles. The molecule has 1 heterocycles. The lowest BCUT2D eigenvalue weighted by Crippen LogP contribution is -2.24. The van der Waals surface area contributed by atoms with E-state index in [1.165, 1.54) is 55.6 Å².